The van der Waals surface area contributed by atoms with E-state index >= 15 is 0 Å². The Bertz CT molecular complexity index is 715. The summed E-state index contributed by atoms with van der Waals surface area (Å²) < 4.78 is 24.2. The second-order valence-electron chi connectivity index (χ2n) is 4.09. The van der Waals surface area contributed by atoms with Crippen LogP contribution in [0.1, 0.15) is 0 Å². The van der Waals surface area contributed by atoms with Gasteiger partial charge in [0, 0.05) is 11.9 Å². The second-order valence-corrected chi connectivity index (χ2v) is 6.04. The largest absolute Gasteiger partial charge is 0.396 e. The van der Waals surface area contributed by atoms with E-state index in [0.717, 1.165) is 0 Å². The maximum absolute atomic E-state index is 12.1. The molecular weight excluding hydrogens is 278 g/mol. The summed E-state index contributed by atoms with van der Waals surface area (Å²) in [5.41, 5.74) is 6.13. The molecule has 0 aliphatic carbocycles. The Morgan fingerprint density at radius 1 is 1.20 bits per heavy atom. The van der Waals surface area contributed by atoms with Gasteiger partial charge in [-0.05, 0) is 18.2 Å². The predicted octanol–water partition coefficient (Wildman–Crippen LogP) is 1.08. The summed E-state index contributed by atoms with van der Waals surface area (Å²) in [4.78, 5) is 15.4. The molecule has 6 nitrogen and oxygen atoms in total. The van der Waals surface area contributed by atoms with E-state index in [0.29, 0.717) is 5.69 Å². The summed E-state index contributed by atoms with van der Waals surface area (Å²) in [5.74, 6) is -1.29. The van der Waals surface area contributed by atoms with E-state index in [1.807, 2.05) is 0 Å². The van der Waals surface area contributed by atoms with Gasteiger partial charge in [0.2, 0.25) is 5.91 Å². The van der Waals surface area contributed by atoms with Crippen LogP contribution in [0.25, 0.3) is 0 Å². The molecule has 104 valence electrons. The minimum atomic E-state index is -3.79. The van der Waals surface area contributed by atoms with Crippen molar-refractivity contribution < 1.29 is 13.2 Å². The maximum Gasteiger partial charge on any atom is 0.239 e. The molecule has 0 saturated carbocycles. The molecule has 2 rings (SSSR count). The van der Waals surface area contributed by atoms with Crippen LogP contribution in [0, 0.1) is 0 Å². The van der Waals surface area contributed by atoms with Crippen LogP contribution in [-0.2, 0) is 14.6 Å². The van der Waals surface area contributed by atoms with Gasteiger partial charge in [0.25, 0.3) is 0 Å². The summed E-state index contributed by atoms with van der Waals surface area (Å²) in [6.07, 6.45) is 2.56. The van der Waals surface area contributed by atoms with Crippen molar-refractivity contribution in [1.82, 2.24) is 4.98 Å². The van der Waals surface area contributed by atoms with E-state index in [-0.39, 0.29) is 10.6 Å². The van der Waals surface area contributed by atoms with E-state index in [4.69, 9.17) is 5.73 Å². The van der Waals surface area contributed by atoms with Crippen LogP contribution in [0.15, 0.2) is 53.7 Å². The monoisotopic (exact) mass is 291 g/mol. The molecule has 1 aromatic carbocycles. The van der Waals surface area contributed by atoms with Crippen LogP contribution in [0.5, 0.6) is 0 Å². The van der Waals surface area contributed by atoms with Crippen molar-refractivity contribution in [3.8, 4) is 0 Å². The Balaban J connectivity index is 2.13. The highest BCUT2D eigenvalue weighted by Gasteiger charge is 2.21. The van der Waals surface area contributed by atoms with Gasteiger partial charge in [-0.15, -0.1) is 0 Å². The molecule has 7 heteroatoms. The van der Waals surface area contributed by atoms with Gasteiger partial charge in [0.15, 0.2) is 9.84 Å². The number of sulfone groups is 1. The van der Waals surface area contributed by atoms with E-state index in [9.17, 15) is 13.2 Å². The van der Waals surface area contributed by atoms with Crippen LogP contribution in [0.4, 0.5) is 11.4 Å². The zero-order chi connectivity index (χ0) is 14.6. The minimum absolute atomic E-state index is 0.0278. The number of aromatic nitrogens is 1. The molecule has 1 heterocycles. The number of pyridine rings is 1. The maximum atomic E-state index is 12.1. The highest BCUT2D eigenvalue weighted by atomic mass is 32.2. The third-order valence-electron chi connectivity index (χ3n) is 2.52. The zero-order valence-corrected chi connectivity index (χ0v) is 11.3. The number of anilines is 2. The molecule has 2 aromatic rings. The number of nitrogens with two attached hydrogens (primary N) is 1. The number of amides is 1. The highest BCUT2D eigenvalue weighted by Crippen LogP contribution is 2.17. The number of hydrogen-bond acceptors (Lipinski definition) is 5. The number of carbonyl (C=O) groups is 1. The predicted molar refractivity (Wildman–Crippen MR) is 75.8 cm³/mol. The summed E-state index contributed by atoms with van der Waals surface area (Å²) in [6, 6.07) is 9.90. The lowest BCUT2D eigenvalue weighted by atomic mass is 10.3. The van der Waals surface area contributed by atoms with Gasteiger partial charge in [-0.3, -0.25) is 9.78 Å². The Morgan fingerprint density at radius 2 is 1.90 bits per heavy atom. The first-order valence-corrected chi connectivity index (χ1v) is 7.41. The minimum Gasteiger partial charge on any atom is -0.396 e. The molecule has 0 saturated heterocycles. The normalized spacial score (nSPS) is 11.0. The van der Waals surface area contributed by atoms with E-state index in [1.165, 1.54) is 18.5 Å². The van der Waals surface area contributed by atoms with Crippen molar-refractivity contribution in [1.29, 1.82) is 0 Å². The molecule has 1 aromatic heterocycles. The van der Waals surface area contributed by atoms with Crippen molar-refractivity contribution in [3.05, 3.63) is 48.8 Å². The van der Waals surface area contributed by atoms with Gasteiger partial charge in [-0.25, -0.2) is 8.42 Å². The quantitative estimate of drug-likeness (QED) is 0.877. The highest BCUT2D eigenvalue weighted by molar-refractivity contribution is 7.92. The lowest BCUT2D eigenvalue weighted by Gasteiger charge is -2.07. The molecule has 0 unspecified atom stereocenters. The number of para-hydroxylation sites is 1. The lowest BCUT2D eigenvalue weighted by molar-refractivity contribution is -0.113. The fraction of sp³-hybridized carbons (Fsp3) is 0.0769. The van der Waals surface area contributed by atoms with Crippen LogP contribution >= 0.6 is 0 Å². The Hall–Kier alpha value is -2.41. The van der Waals surface area contributed by atoms with Crippen LogP contribution in [0.2, 0.25) is 0 Å². The average molecular weight is 291 g/mol. The van der Waals surface area contributed by atoms with E-state index in [2.05, 4.69) is 10.3 Å². The second kappa shape index (κ2) is 5.70. The molecule has 3 N–H and O–H groups in total. The number of carbonyl (C=O) groups excluding carboxylic acids is 1. The summed E-state index contributed by atoms with van der Waals surface area (Å²) in [6.45, 7) is 0. The molecule has 0 radical (unpaired) electrons. The zero-order valence-electron chi connectivity index (χ0n) is 10.5. The van der Waals surface area contributed by atoms with Crippen molar-refractivity contribution in [2.24, 2.45) is 0 Å². The standard InChI is InChI=1S/C13H13N3O3S/c14-11-8-15-7-6-12(11)20(18,19)9-13(17)16-10-4-2-1-3-5-10/h1-8H,9,14H2,(H,16,17). The van der Waals surface area contributed by atoms with Crippen molar-refractivity contribution in [2.45, 2.75) is 4.90 Å². The number of nitrogens with one attached hydrogen (secondary N) is 1. The van der Waals surface area contributed by atoms with Crippen molar-refractivity contribution in [2.75, 3.05) is 16.8 Å². The van der Waals surface area contributed by atoms with E-state index < -0.39 is 21.5 Å². The lowest BCUT2D eigenvalue weighted by Crippen LogP contribution is -2.23. The van der Waals surface area contributed by atoms with Crippen LogP contribution < -0.4 is 11.1 Å². The molecule has 0 fully saturated rings. The molecular formula is C13H13N3O3S. The first-order chi connectivity index (χ1) is 9.49. The molecule has 0 spiro atoms. The first-order valence-electron chi connectivity index (χ1n) is 5.76. The van der Waals surface area contributed by atoms with Gasteiger partial charge >= 0.3 is 0 Å². The molecule has 0 bridgehead atoms. The van der Waals surface area contributed by atoms with E-state index in [1.54, 1.807) is 30.3 Å². The molecule has 0 aliphatic heterocycles. The van der Waals surface area contributed by atoms with Gasteiger partial charge in [0.05, 0.1) is 16.8 Å². The fourth-order valence-corrected chi connectivity index (χ4v) is 2.90. The Morgan fingerprint density at radius 3 is 2.55 bits per heavy atom. The van der Waals surface area contributed by atoms with Gasteiger partial charge < -0.3 is 11.1 Å². The van der Waals surface area contributed by atoms with Gasteiger partial charge in [-0.2, -0.15) is 0 Å². The Kier molecular flexibility index (Phi) is 3.99. The molecule has 20 heavy (non-hydrogen) atoms. The fourth-order valence-electron chi connectivity index (χ4n) is 1.65. The number of rotatable bonds is 4. The number of nitrogens with zero attached hydrogens (tertiary/aromatic N) is 1. The summed E-state index contributed by atoms with van der Waals surface area (Å²) in [7, 11) is -3.79. The topological polar surface area (TPSA) is 102 Å². The SMILES string of the molecule is Nc1cnccc1S(=O)(=O)CC(=O)Nc1ccccc1. The van der Waals surface area contributed by atoms with Crippen molar-refractivity contribution >= 4 is 27.1 Å². The van der Waals surface area contributed by atoms with Crippen LogP contribution in [-0.4, -0.2) is 25.1 Å². The molecule has 1 amide bonds. The van der Waals surface area contributed by atoms with Gasteiger partial charge in [-0.1, -0.05) is 18.2 Å². The first kappa shape index (κ1) is 14.0. The van der Waals surface area contributed by atoms with Crippen LogP contribution in [0.3, 0.4) is 0 Å². The summed E-state index contributed by atoms with van der Waals surface area (Å²) in [5, 5.41) is 2.51. The molecule has 0 aliphatic rings. The van der Waals surface area contributed by atoms with Crippen molar-refractivity contribution in [3.63, 3.8) is 0 Å². The average Bonchev–Trinajstić information content (AvgIpc) is 2.39. The third kappa shape index (κ3) is 3.33. The smallest absolute Gasteiger partial charge is 0.239 e. The van der Waals surface area contributed by atoms with Gasteiger partial charge in [0.1, 0.15) is 5.75 Å². The third-order valence-corrected chi connectivity index (χ3v) is 4.21. The number of hydrogen-bond donors (Lipinski definition) is 2. The number of nitrogen functional groups attached to an aromatic ring is 1. The number of benzene rings is 1. The molecule has 0 atom stereocenters. The Labute approximate surface area is 116 Å². The summed E-state index contributed by atoms with van der Waals surface area (Å²) >= 11 is 0.